The van der Waals surface area contributed by atoms with E-state index in [1.165, 1.54) is 6.42 Å². The van der Waals surface area contributed by atoms with Crippen LogP contribution in [0.2, 0.25) is 0 Å². The number of hydrogen-bond acceptors (Lipinski definition) is 4. The Morgan fingerprint density at radius 1 is 1.40 bits per heavy atom. The fraction of sp³-hybridized carbons (Fsp3) is 0.611. The number of methoxy groups -OCH3 is 1. The maximum absolute atomic E-state index is 5.29. The summed E-state index contributed by atoms with van der Waals surface area (Å²) in [6.07, 6.45) is 5.02. The van der Waals surface area contributed by atoms with Crippen LogP contribution in [0.15, 0.2) is 29.4 Å². The van der Waals surface area contributed by atoms with Crippen LogP contribution >= 0.6 is 0 Å². The van der Waals surface area contributed by atoms with Gasteiger partial charge in [0.05, 0.1) is 6.61 Å². The molecule has 0 spiro atoms. The molecule has 7 nitrogen and oxygen atoms in total. The highest BCUT2D eigenvalue weighted by Crippen LogP contribution is 2.16. The molecule has 1 saturated heterocycles. The van der Waals surface area contributed by atoms with Crippen molar-refractivity contribution >= 4 is 11.6 Å². The van der Waals surface area contributed by atoms with Crippen LogP contribution in [0.3, 0.4) is 0 Å². The van der Waals surface area contributed by atoms with Gasteiger partial charge in [-0.15, -0.1) is 10.2 Å². The van der Waals surface area contributed by atoms with Crippen LogP contribution in [0.1, 0.15) is 25.6 Å². The summed E-state index contributed by atoms with van der Waals surface area (Å²) in [6, 6.07) is 5.96. The van der Waals surface area contributed by atoms with Crippen LogP contribution in [0.4, 0.5) is 0 Å². The zero-order valence-corrected chi connectivity index (χ0v) is 15.2. The van der Waals surface area contributed by atoms with Gasteiger partial charge >= 0.3 is 0 Å². The number of aromatic nitrogens is 3. The lowest BCUT2D eigenvalue weighted by molar-refractivity contribution is 0.157. The zero-order chi connectivity index (χ0) is 17.5. The van der Waals surface area contributed by atoms with Gasteiger partial charge in [-0.05, 0) is 31.9 Å². The van der Waals surface area contributed by atoms with Crippen molar-refractivity contribution in [2.45, 2.75) is 26.2 Å². The first-order valence-electron chi connectivity index (χ1n) is 9.12. The number of rotatable bonds is 7. The van der Waals surface area contributed by atoms with Crippen molar-refractivity contribution < 1.29 is 4.74 Å². The first-order chi connectivity index (χ1) is 12.3. The third-order valence-corrected chi connectivity index (χ3v) is 4.53. The molecule has 1 aliphatic rings. The number of guanidine groups is 1. The number of nitrogens with one attached hydrogen (secondary N) is 1. The summed E-state index contributed by atoms with van der Waals surface area (Å²) in [5, 5.41) is 11.9. The molecule has 2 aromatic rings. The van der Waals surface area contributed by atoms with Crippen LogP contribution < -0.4 is 5.32 Å². The van der Waals surface area contributed by atoms with Gasteiger partial charge in [0.15, 0.2) is 11.6 Å². The van der Waals surface area contributed by atoms with Gasteiger partial charge < -0.3 is 15.0 Å². The fourth-order valence-electron chi connectivity index (χ4n) is 3.31. The highest BCUT2D eigenvalue weighted by molar-refractivity contribution is 5.80. The summed E-state index contributed by atoms with van der Waals surface area (Å²) in [5.41, 5.74) is 0.899. The quantitative estimate of drug-likeness (QED) is 0.469. The Hall–Kier alpha value is -2.15. The molecule has 25 heavy (non-hydrogen) atoms. The van der Waals surface area contributed by atoms with Crippen molar-refractivity contribution in [3.8, 4) is 0 Å². The molecule has 0 saturated carbocycles. The van der Waals surface area contributed by atoms with Crippen LogP contribution in [-0.2, 0) is 11.2 Å². The zero-order valence-electron chi connectivity index (χ0n) is 15.2. The van der Waals surface area contributed by atoms with Crippen LogP contribution in [0.5, 0.6) is 0 Å². The molecule has 3 rings (SSSR count). The molecule has 0 amide bonds. The molecule has 3 heterocycles. The smallest absolute Gasteiger partial charge is 0.193 e. The fourth-order valence-corrected chi connectivity index (χ4v) is 3.31. The van der Waals surface area contributed by atoms with E-state index >= 15 is 0 Å². The maximum atomic E-state index is 5.29. The summed E-state index contributed by atoms with van der Waals surface area (Å²) in [5.74, 6) is 2.63. The van der Waals surface area contributed by atoms with Crippen molar-refractivity contribution in [2.24, 2.45) is 10.9 Å². The molecule has 0 bridgehead atoms. The van der Waals surface area contributed by atoms with E-state index in [0.717, 1.165) is 63.1 Å². The van der Waals surface area contributed by atoms with Gasteiger partial charge in [0, 0.05) is 51.8 Å². The minimum Gasteiger partial charge on any atom is -0.384 e. The van der Waals surface area contributed by atoms with Gasteiger partial charge in [-0.25, -0.2) is 0 Å². The number of nitrogens with zero attached hydrogens (tertiary/aromatic N) is 5. The Morgan fingerprint density at radius 2 is 2.32 bits per heavy atom. The van der Waals surface area contributed by atoms with Gasteiger partial charge in [-0.1, -0.05) is 6.07 Å². The first-order valence-corrected chi connectivity index (χ1v) is 9.12. The Labute approximate surface area is 149 Å². The standard InChI is InChI=1S/C18H28N6O/c1-3-19-18(23-12-9-15(13-23)14-25-2)20-10-6-8-17-22-21-16-7-4-5-11-24(16)17/h4-5,7,11,15H,3,6,8-10,12-14H2,1-2H3,(H,19,20). The predicted molar refractivity (Wildman–Crippen MR) is 98.8 cm³/mol. The van der Waals surface area contributed by atoms with Gasteiger partial charge in [0.2, 0.25) is 0 Å². The maximum Gasteiger partial charge on any atom is 0.193 e. The van der Waals surface area contributed by atoms with E-state index in [-0.39, 0.29) is 0 Å². The second-order valence-electron chi connectivity index (χ2n) is 6.44. The van der Waals surface area contributed by atoms with E-state index in [1.807, 2.05) is 28.8 Å². The second-order valence-corrected chi connectivity index (χ2v) is 6.44. The molecule has 1 N–H and O–H groups in total. The number of hydrogen-bond donors (Lipinski definition) is 1. The van der Waals surface area contributed by atoms with Crippen molar-refractivity contribution in [2.75, 3.05) is 39.9 Å². The molecular weight excluding hydrogens is 316 g/mol. The van der Waals surface area contributed by atoms with Gasteiger partial charge in [-0.2, -0.15) is 0 Å². The lowest BCUT2D eigenvalue weighted by Gasteiger charge is -2.21. The van der Waals surface area contributed by atoms with E-state index in [9.17, 15) is 0 Å². The van der Waals surface area contributed by atoms with Crippen molar-refractivity contribution in [3.05, 3.63) is 30.2 Å². The molecule has 0 aliphatic carbocycles. The molecule has 7 heteroatoms. The molecule has 1 unspecified atom stereocenters. The Kier molecular flexibility index (Phi) is 6.22. The monoisotopic (exact) mass is 344 g/mol. The summed E-state index contributed by atoms with van der Waals surface area (Å²) < 4.78 is 7.33. The summed E-state index contributed by atoms with van der Waals surface area (Å²) in [4.78, 5) is 7.15. The van der Waals surface area contributed by atoms with Crippen molar-refractivity contribution in [1.82, 2.24) is 24.8 Å². The summed E-state index contributed by atoms with van der Waals surface area (Å²) in [7, 11) is 1.77. The molecule has 0 radical (unpaired) electrons. The van der Waals surface area contributed by atoms with Crippen LogP contribution in [0.25, 0.3) is 5.65 Å². The lowest BCUT2D eigenvalue weighted by atomic mass is 10.1. The normalized spacial score (nSPS) is 18.2. The Balaban J connectivity index is 1.53. The van der Waals surface area contributed by atoms with Crippen LogP contribution in [-0.4, -0.2) is 65.4 Å². The average molecular weight is 344 g/mol. The Morgan fingerprint density at radius 3 is 3.16 bits per heavy atom. The number of ether oxygens (including phenoxy) is 1. The predicted octanol–water partition coefficient (Wildman–Crippen LogP) is 1.60. The van der Waals surface area contributed by atoms with E-state index in [2.05, 4.69) is 27.3 Å². The molecule has 2 aromatic heterocycles. The first kappa shape index (κ1) is 17.7. The Bertz CT molecular complexity index is 698. The highest BCUT2D eigenvalue weighted by atomic mass is 16.5. The molecule has 1 atom stereocenters. The second kappa shape index (κ2) is 8.80. The topological polar surface area (TPSA) is 67.0 Å². The summed E-state index contributed by atoms with van der Waals surface area (Å²) >= 11 is 0. The average Bonchev–Trinajstić information content (AvgIpc) is 3.25. The molecule has 1 fully saturated rings. The number of likely N-dealkylation sites (tertiary alicyclic amines) is 1. The molecule has 136 valence electrons. The van der Waals surface area contributed by atoms with Crippen molar-refractivity contribution in [1.29, 1.82) is 0 Å². The molecule has 1 aliphatic heterocycles. The van der Waals surface area contributed by atoms with E-state index < -0.39 is 0 Å². The van der Waals surface area contributed by atoms with E-state index in [1.54, 1.807) is 7.11 Å². The van der Waals surface area contributed by atoms with Gasteiger partial charge in [-0.3, -0.25) is 9.39 Å². The SMILES string of the molecule is CCNC(=NCCCc1nnc2ccccn12)N1CCC(COC)C1. The molecule has 0 aromatic carbocycles. The number of pyridine rings is 1. The minimum absolute atomic E-state index is 0.608. The van der Waals surface area contributed by atoms with Gasteiger partial charge in [0.1, 0.15) is 5.82 Å². The minimum atomic E-state index is 0.608. The number of aryl methyl sites for hydroxylation is 1. The summed E-state index contributed by atoms with van der Waals surface area (Å²) in [6.45, 7) is 6.69. The molecular formula is C18H28N6O. The van der Waals surface area contributed by atoms with Crippen molar-refractivity contribution in [3.63, 3.8) is 0 Å². The van der Waals surface area contributed by atoms with Crippen LogP contribution in [0, 0.1) is 5.92 Å². The van der Waals surface area contributed by atoms with E-state index in [0.29, 0.717) is 5.92 Å². The number of fused-ring (bicyclic) bond motifs is 1. The van der Waals surface area contributed by atoms with Gasteiger partial charge in [0.25, 0.3) is 0 Å². The van der Waals surface area contributed by atoms with E-state index in [4.69, 9.17) is 9.73 Å². The largest absolute Gasteiger partial charge is 0.384 e. The third kappa shape index (κ3) is 4.48. The third-order valence-electron chi connectivity index (χ3n) is 4.53. The number of aliphatic imine (C=N–C) groups is 1. The highest BCUT2D eigenvalue weighted by Gasteiger charge is 2.24. The lowest BCUT2D eigenvalue weighted by Crippen LogP contribution is -2.40.